The first-order valence-electron chi connectivity index (χ1n) is 7.02. The zero-order chi connectivity index (χ0) is 17.2. The molecule has 2 amide bonds. The lowest BCUT2D eigenvalue weighted by Crippen LogP contribution is -2.34. The first-order valence-corrected chi connectivity index (χ1v) is 8.50. The maximum atomic E-state index is 12.2. The highest BCUT2D eigenvalue weighted by Gasteiger charge is 2.25. The molecule has 9 heteroatoms. The summed E-state index contributed by atoms with van der Waals surface area (Å²) < 4.78 is 32.2. The van der Waals surface area contributed by atoms with E-state index in [-0.39, 0.29) is 29.7 Å². The van der Waals surface area contributed by atoms with Gasteiger partial charge in [-0.25, -0.2) is 13.1 Å². The maximum absolute atomic E-state index is 12.2. The van der Waals surface area contributed by atoms with Crippen LogP contribution in [0, 0.1) is 0 Å². The van der Waals surface area contributed by atoms with E-state index in [1.54, 1.807) is 21.0 Å². The quantitative estimate of drug-likeness (QED) is 0.794. The van der Waals surface area contributed by atoms with Crippen molar-refractivity contribution in [1.29, 1.82) is 0 Å². The standard InChI is InChI=1S/C14H19N3O5S/c1-9-14(19)16-11-5-4-10(8-12(11)22-9)23(20,21)15-7-6-13(18)17(2)3/h4-5,8-9,15H,6-7H2,1-3H3,(H,16,19). The second kappa shape index (κ2) is 6.55. The number of hydrogen-bond donors (Lipinski definition) is 2. The predicted molar refractivity (Wildman–Crippen MR) is 83.7 cm³/mol. The van der Waals surface area contributed by atoms with Gasteiger partial charge in [-0.2, -0.15) is 0 Å². The van der Waals surface area contributed by atoms with Crippen LogP contribution in [0.1, 0.15) is 13.3 Å². The molecule has 23 heavy (non-hydrogen) atoms. The molecule has 2 N–H and O–H groups in total. The fourth-order valence-electron chi connectivity index (χ4n) is 1.95. The predicted octanol–water partition coefficient (Wildman–Crippen LogP) is 0.163. The van der Waals surface area contributed by atoms with Crippen LogP contribution >= 0.6 is 0 Å². The van der Waals surface area contributed by atoms with Crippen LogP contribution in [-0.4, -0.2) is 51.9 Å². The van der Waals surface area contributed by atoms with Crippen LogP contribution in [0.15, 0.2) is 23.1 Å². The molecule has 0 saturated heterocycles. The number of amides is 2. The molecule has 1 heterocycles. The molecule has 0 radical (unpaired) electrons. The second-order valence-electron chi connectivity index (χ2n) is 5.34. The average molecular weight is 341 g/mol. The van der Waals surface area contributed by atoms with E-state index in [0.29, 0.717) is 11.4 Å². The van der Waals surface area contributed by atoms with Gasteiger partial charge in [-0.15, -0.1) is 0 Å². The number of carbonyl (C=O) groups excluding carboxylic acids is 2. The maximum Gasteiger partial charge on any atom is 0.265 e. The van der Waals surface area contributed by atoms with Crippen LogP contribution in [0.4, 0.5) is 5.69 Å². The molecule has 1 aromatic carbocycles. The molecule has 0 saturated carbocycles. The van der Waals surface area contributed by atoms with Crippen molar-refractivity contribution < 1.29 is 22.7 Å². The zero-order valence-corrected chi connectivity index (χ0v) is 13.9. The first-order chi connectivity index (χ1) is 10.7. The van der Waals surface area contributed by atoms with Crippen LogP contribution in [-0.2, 0) is 19.6 Å². The summed E-state index contributed by atoms with van der Waals surface area (Å²) in [5.74, 6) is -0.157. The fraction of sp³-hybridized carbons (Fsp3) is 0.429. The van der Waals surface area contributed by atoms with E-state index in [4.69, 9.17) is 4.74 Å². The Morgan fingerprint density at radius 1 is 1.39 bits per heavy atom. The van der Waals surface area contributed by atoms with Gasteiger partial charge in [0, 0.05) is 33.1 Å². The van der Waals surface area contributed by atoms with E-state index in [9.17, 15) is 18.0 Å². The Morgan fingerprint density at radius 2 is 2.09 bits per heavy atom. The van der Waals surface area contributed by atoms with Crippen molar-refractivity contribution in [2.75, 3.05) is 26.0 Å². The number of nitrogens with zero attached hydrogens (tertiary/aromatic N) is 1. The number of sulfonamides is 1. The van der Waals surface area contributed by atoms with Gasteiger partial charge in [0.05, 0.1) is 10.6 Å². The van der Waals surface area contributed by atoms with Gasteiger partial charge in [0.2, 0.25) is 15.9 Å². The van der Waals surface area contributed by atoms with Crippen molar-refractivity contribution in [3.63, 3.8) is 0 Å². The molecular weight excluding hydrogens is 322 g/mol. The van der Waals surface area contributed by atoms with Crippen molar-refractivity contribution in [2.24, 2.45) is 0 Å². The molecule has 0 aliphatic carbocycles. The van der Waals surface area contributed by atoms with Gasteiger partial charge in [0.1, 0.15) is 5.75 Å². The van der Waals surface area contributed by atoms with Gasteiger partial charge < -0.3 is 15.0 Å². The molecule has 1 aliphatic rings. The van der Waals surface area contributed by atoms with Crippen LogP contribution in [0.5, 0.6) is 5.75 Å². The Kier molecular flexibility index (Phi) is 4.90. The van der Waals surface area contributed by atoms with E-state index in [0.717, 1.165) is 0 Å². The molecule has 0 fully saturated rings. The molecule has 1 atom stereocenters. The molecule has 0 bridgehead atoms. The highest BCUT2D eigenvalue weighted by atomic mass is 32.2. The molecule has 0 aromatic heterocycles. The smallest absolute Gasteiger partial charge is 0.265 e. The molecule has 2 rings (SSSR count). The SMILES string of the molecule is CC1Oc2cc(S(=O)(=O)NCCC(=O)N(C)C)ccc2NC1=O. The number of carbonyl (C=O) groups is 2. The van der Waals surface area contributed by atoms with Crippen LogP contribution in [0.25, 0.3) is 0 Å². The van der Waals surface area contributed by atoms with Crippen molar-refractivity contribution in [2.45, 2.75) is 24.3 Å². The van der Waals surface area contributed by atoms with E-state index in [1.807, 2.05) is 0 Å². The van der Waals surface area contributed by atoms with Gasteiger partial charge in [0.25, 0.3) is 5.91 Å². The fourth-order valence-corrected chi connectivity index (χ4v) is 3.00. The Morgan fingerprint density at radius 3 is 2.74 bits per heavy atom. The largest absolute Gasteiger partial charge is 0.479 e. The topological polar surface area (TPSA) is 105 Å². The lowest BCUT2D eigenvalue weighted by atomic mass is 10.2. The van der Waals surface area contributed by atoms with Crippen LogP contribution in [0.3, 0.4) is 0 Å². The lowest BCUT2D eigenvalue weighted by Gasteiger charge is -2.23. The molecule has 1 unspecified atom stereocenters. The number of hydrogen-bond acceptors (Lipinski definition) is 5. The summed E-state index contributed by atoms with van der Waals surface area (Å²) in [5, 5.41) is 2.63. The van der Waals surface area contributed by atoms with E-state index < -0.39 is 16.1 Å². The lowest BCUT2D eigenvalue weighted by molar-refractivity contribution is -0.128. The number of anilines is 1. The van der Waals surface area contributed by atoms with Gasteiger partial charge in [-0.1, -0.05) is 0 Å². The molecule has 126 valence electrons. The summed E-state index contributed by atoms with van der Waals surface area (Å²) in [5.41, 5.74) is 0.426. The number of ether oxygens (including phenoxy) is 1. The van der Waals surface area contributed by atoms with Gasteiger partial charge in [0.15, 0.2) is 6.10 Å². The Bertz CT molecular complexity index is 730. The highest BCUT2D eigenvalue weighted by Crippen LogP contribution is 2.31. The van der Waals surface area contributed by atoms with E-state index in [2.05, 4.69) is 10.0 Å². The van der Waals surface area contributed by atoms with Crippen molar-refractivity contribution in [3.05, 3.63) is 18.2 Å². The van der Waals surface area contributed by atoms with Gasteiger partial charge in [-0.05, 0) is 19.1 Å². The normalized spacial score (nSPS) is 17.0. The summed E-state index contributed by atoms with van der Waals surface area (Å²) in [6, 6.07) is 4.19. The van der Waals surface area contributed by atoms with Gasteiger partial charge >= 0.3 is 0 Å². The summed E-state index contributed by atoms with van der Waals surface area (Å²) in [6.07, 6.45) is -0.619. The minimum atomic E-state index is -3.76. The average Bonchev–Trinajstić information content (AvgIpc) is 2.47. The van der Waals surface area contributed by atoms with Crippen molar-refractivity contribution >= 4 is 27.5 Å². The van der Waals surface area contributed by atoms with E-state index >= 15 is 0 Å². The minimum absolute atomic E-state index is 0.00439. The molecule has 1 aliphatic heterocycles. The van der Waals surface area contributed by atoms with E-state index in [1.165, 1.54) is 23.1 Å². The molecular formula is C14H19N3O5S. The Balaban J connectivity index is 2.10. The van der Waals surface area contributed by atoms with Crippen LogP contribution in [0.2, 0.25) is 0 Å². The third-order valence-corrected chi connectivity index (χ3v) is 4.78. The summed E-state index contributed by atoms with van der Waals surface area (Å²) in [4.78, 5) is 24.4. The minimum Gasteiger partial charge on any atom is -0.479 e. The Hall–Kier alpha value is -2.13. The van der Waals surface area contributed by atoms with Gasteiger partial charge in [-0.3, -0.25) is 9.59 Å². The number of nitrogens with one attached hydrogen (secondary N) is 2. The van der Waals surface area contributed by atoms with Crippen molar-refractivity contribution in [1.82, 2.24) is 9.62 Å². The number of rotatable bonds is 5. The highest BCUT2D eigenvalue weighted by molar-refractivity contribution is 7.89. The molecule has 1 aromatic rings. The molecule has 8 nitrogen and oxygen atoms in total. The summed E-state index contributed by atoms with van der Waals surface area (Å²) in [7, 11) is -0.551. The molecule has 0 spiro atoms. The third-order valence-electron chi connectivity index (χ3n) is 3.32. The second-order valence-corrected chi connectivity index (χ2v) is 7.11. The zero-order valence-electron chi connectivity index (χ0n) is 13.1. The number of fused-ring (bicyclic) bond motifs is 1. The summed E-state index contributed by atoms with van der Waals surface area (Å²) in [6.45, 7) is 1.58. The monoisotopic (exact) mass is 341 g/mol. The third kappa shape index (κ3) is 3.99. The first kappa shape index (κ1) is 17.2. The van der Waals surface area contributed by atoms with Crippen LogP contribution < -0.4 is 14.8 Å². The van der Waals surface area contributed by atoms with Crippen molar-refractivity contribution in [3.8, 4) is 5.75 Å². The summed E-state index contributed by atoms with van der Waals surface area (Å²) >= 11 is 0. The Labute approximate surface area is 134 Å². The number of benzene rings is 1.